The maximum atomic E-state index is 12.3. The molecule has 2 rings (SSSR count). The van der Waals surface area contributed by atoms with Crippen LogP contribution in [-0.4, -0.2) is 54.0 Å². The van der Waals surface area contributed by atoms with Gasteiger partial charge in [-0.15, -0.1) is 12.4 Å². The first-order valence-corrected chi connectivity index (χ1v) is 7.16. The van der Waals surface area contributed by atoms with Crippen LogP contribution in [0.1, 0.15) is 33.1 Å². The Morgan fingerprint density at radius 2 is 2.05 bits per heavy atom. The summed E-state index contributed by atoms with van der Waals surface area (Å²) in [6, 6.07) is -0.385. The van der Waals surface area contributed by atoms with E-state index < -0.39 is 11.6 Å². The highest BCUT2D eigenvalue weighted by atomic mass is 35.5. The van der Waals surface area contributed by atoms with E-state index >= 15 is 0 Å². The lowest BCUT2D eigenvalue weighted by Gasteiger charge is -2.23. The van der Waals surface area contributed by atoms with Crippen molar-refractivity contribution in [3.05, 3.63) is 0 Å². The molecule has 2 fully saturated rings. The smallest absolute Gasteiger partial charge is 0.325 e. The maximum Gasteiger partial charge on any atom is 0.325 e. The van der Waals surface area contributed by atoms with E-state index in [1.165, 1.54) is 0 Å². The van der Waals surface area contributed by atoms with Gasteiger partial charge in [0.2, 0.25) is 5.91 Å². The van der Waals surface area contributed by atoms with E-state index in [1.807, 2.05) is 13.8 Å². The highest BCUT2D eigenvalue weighted by molar-refractivity contribution is 6.08. The SMILES string of the molecule is CCC1(CC)NC(=O)N(CC(=O)NC2CCNC2)C1=O.Cl. The van der Waals surface area contributed by atoms with Crippen molar-refractivity contribution in [2.75, 3.05) is 19.6 Å². The summed E-state index contributed by atoms with van der Waals surface area (Å²) in [5.41, 5.74) is -0.841. The summed E-state index contributed by atoms with van der Waals surface area (Å²) in [7, 11) is 0. The van der Waals surface area contributed by atoms with Gasteiger partial charge < -0.3 is 16.0 Å². The number of amides is 4. The molecule has 7 nitrogen and oxygen atoms in total. The number of urea groups is 1. The summed E-state index contributed by atoms with van der Waals surface area (Å²) >= 11 is 0. The summed E-state index contributed by atoms with van der Waals surface area (Å²) in [6.07, 6.45) is 1.93. The maximum absolute atomic E-state index is 12.3. The van der Waals surface area contributed by atoms with E-state index in [9.17, 15) is 14.4 Å². The second-order valence-corrected chi connectivity index (χ2v) is 5.37. The van der Waals surface area contributed by atoms with E-state index in [0.717, 1.165) is 24.4 Å². The van der Waals surface area contributed by atoms with Gasteiger partial charge in [0, 0.05) is 12.6 Å². The molecule has 120 valence electrons. The van der Waals surface area contributed by atoms with Gasteiger partial charge in [-0.25, -0.2) is 4.79 Å². The second kappa shape index (κ2) is 7.09. The van der Waals surface area contributed by atoms with Gasteiger partial charge in [0.1, 0.15) is 12.1 Å². The van der Waals surface area contributed by atoms with Gasteiger partial charge in [-0.05, 0) is 25.8 Å². The molecule has 0 radical (unpaired) electrons. The van der Waals surface area contributed by atoms with E-state index in [2.05, 4.69) is 16.0 Å². The Hall–Kier alpha value is -1.34. The number of imide groups is 1. The summed E-state index contributed by atoms with van der Waals surface area (Å²) < 4.78 is 0. The highest BCUT2D eigenvalue weighted by Crippen LogP contribution is 2.24. The third-order valence-electron chi connectivity index (χ3n) is 4.18. The number of nitrogens with zero attached hydrogens (tertiary/aromatic N) is 1. The number of hydrogen-bond acceptors (Lipinski definition) is 4. The lowest BCUT2D eigenvalue weighted by Crippen LogP contribution is -2.47. The van der Waals surface area contributed by atoms with Gasteiger partial charge in [0.25, 0.3) is 5.91 Å². The van der Waals surface area contributed by atoms with Crippen molar-refractivity contribution in [3.63, 3.8) is 0 Å². The molecule has 0 bridgehead atoms. The fourth-order valence-corrected chi connectivity index (χ4v) is 2.74. The number of rotatable bonds is 5. The Morgan fingerprint density at radius 1 is 1.38 bits per heavy atom. The molecule has 21 heavy (non-hydrogen) atoms. The summed E-state index contributed by atoms with van der Waals surface area (Å²) in [5, 5.41) is 8.69. The predicted octanol–water partition coefficient (Wildman–Crippen LogP) is -0.00310. The number of halogens is 1. The fraction of sp³-hybridized carbons (Fsp3) is 0.769. The average Bonchev–Trinajstić information content (AvgIpc) is 3.01. The second-order valence-electron chi connectivity index (χ2n) is 5.37. The van der Waals surface area contributed by atoms with Crippen LogP contribution in [0.4, 0.5) is 4.79 Å². The van der Waals surface area contributed by atoms with Gasteiger partial charge >= 0.3 is 6.03 Å². The van der Waals surface area contributed by atoms with Crippen molar-refractivity contribution >= 4 is 30.3 Å². The van der Waals surface area contributed by atoms with Gasteiger partial charge in [-0.2, -0.15) is 0 Å². The molecule has 0 spiro atoms. The largest absolute Gasteiger partial charge is 0.350 e. The number of carbonyl (C=O) groups excluding carboxylic acids is 3. The Bertz CT molecular complexity index is 420. The number of nitrogens with one attached hydrogen (secondary N) is 3. The molecule has 3 N–H and O–H groups in total. The Morgan fingerprint density at radius 3 is 2.52 bits per heavy atom. The molecule has 2 aliphatic rings. The van der Waals surface area contributed by atoms with Gasteiger partial charge in [0.05, 0.1) is 0 Å². The number of carbonyl (C=O) groups is 3. The summed E-state index contributed by atoms with van der Waals surface area (Å²) in [4.78, 5) is 37.2. The van der Waals surface area contributed by atoms with Crippen molar-refractivity contribution in [2.24, 2.45) is 0 Å². The lowest BCUT2D eigenvalue weighted by atomic mass is 9.93. The standard InChI is InChI=1S/C13H22N4O3.ClH/c1-3-13(4-2)11(19)17(12(20)16-13)8-10(18)15-9-5-6-14-7-9;/h9,14H,3-8H2,1-2H3,(H,15,18)(H,16,20);1H. The predicted molar refractivity (Wildman–Crippen MR) is 80.2 cm³/mol. The minimum absolute atomic E-state index is 0. The van der Waals surface area contributed by atoms with Crippen LogP contribution in [-0.2, 0) is 9.59 Å². The first-order chi connectivity index (χ1) is 9.52. The molecule has 4 amide bonds. The van der Waals surface area contributed by atoms with Crippen LogP contribution in [0.5, 0.6) is 0 Å². The molecule has 8 heteroatoms. The van der Waals surface area contributed by atoms with Crippen molar-refractivity contribution in [1.82, 2.24) is 20.9 Å². The zero-order valence-corrected chi connectivity index (χ0v) is 13.2. The topological polar surface area (TPSA) is 90.5 Å². The normalized spacial score (nSPS) is 23.7. The van der Waals surface area contributed by atoms with E-state index in [0.29, 0.717) is 12.8 Å². The van der Waals surface area contributed by atoms with Crippen molar-refractivity contribution in [1.29, 1.82) is 0 Å². The van der Waals surface area contributed by atoms with Gasteiger partial charge in [0.15, 0.2) is 0 Å². The van der Waals surface area contributed by atoms with Gasteiger partial charge in [-0.3, -0.25) is 14.5 Å². The third kappa shape index (κ3) is 3.47. The molecule has 0 aromatic heterocycles. The van der Waals surface area contributed by atoms with Crippen LogP contribution >= 0.6 is 12.4 Å². The Labute approximate surface area is 130 Å². The molecule has 2 aliphatic heterocycles. The van der Waals surface area contributed by atoms with Crippen LogP contribution < -0.4 is 16.0 Å². The molecule has 2 saturated heterocycles. The Kier molecular flexibility index (Phi) is 5.98. The van der Waals surface area contributed by atoms with Crippen LogP contribution in [0.25, 0.3) is 0 Å². The molecule has 0 aliphatic carbocycles. The molecule has 0 aromatic carbocycles. The Balaban J connectivity index is 0.00000220. The average molecular weight is 319 g/mol. The molecule has 2 heterocycles. The van der Waals surface area contributed by atoms with Crippen LogP contribution in [0.2, 0.25) is 0 Å². The summed E-state index contributed by atoms with van der Waals surface area (Å²) in [5.74, 6) is -0.586. The molecular weight excluding hydrogens is 296 g/mol. The van der Waals surface area contributed by atoms with Crippen molar-refractivity contribution in [3.8, 4) is 0 Å². The zero-order valence-electron chi connectivity index (χ0n) is 12.4. The zero-order chi connectivity index (χ0) is 14.8. The monoisotopic (exact) mass is 318 g/mol. The van der Waals surface area contributed by atoms with E-state index in [4.69, 9.17) is 0 Å². The minimum Gasteiger partial charge on any atom is -0.350 e. The molecule has 0 saturated carbocycles. The van der Waals surface area contributed by atoms with E-state index in [1.54, 1.807) is 0 Å². The third-order valence-corrected chi connectivity index (χ3v) is 4.18. The van der Waals surface area contributed by atoms with Crippen molar-refractivity contribution < 1.29 is 14.4 Å². The highest BCUT2D eigenvalue weighted by Gasteiger charge is 2.49. The molecule has 0 aromatic rings. The van der Waals surface area contributed by atoms with E-state index in [-0.39, 0.29) is 36.8 Å². The van der Waals surface area contributed by atoms with Crippen LogP contribution in [0.15, 0.2) is 0 Å². The van der Waals surface area contributed by atoms with Gasteiger partial charge in [-0.1, -0.05) is 13.8 Å². The molecule has 1 atom stereocenters. The van der Waals surface area contributed by atoms with Crippen molar-refractivity contribution in [2.45, 2.75) is 44.7 Å². The first kappa shape index (κ1) is 17.7. The summed E-state index contributed by atoms with van der Waals surface area (Å²) in [6.45, 7) is 5.12. The fourth-order valence-electron chi connectivity index (χ4n) is 2.74. The number of hydrogen-bond donors (Lipinski definition) is 3. The lowest BCUT2D eigenvalue weighted by molar-refractivity contribution is -0.135. The minimum atomic E-state index is -0.841. The van der Waals surface area contributed by atoms with Crippen LogP contribution in [0, 0.1) is 0 Å². The molecular formula is C13H23ClN4O3. The first-order valence-electron chi connectivity index (χ1n) is 7.16. The quantitative estimate of drug-likeness (QED) is 0.622. The van der Waals surface area contributed by atoms with Crippen LogP contribution in [0.3, 0.4) is 0 Å². The molecule has 1 unspecified atom stereocenters.